The first-order valence-electron chi connectivity index (χ1n) is 7.05. The molecule has 0 fully saturated rings. The van der Waals surface area contributed by atoms with Crippen molar-refractivity contribution >= 4 is 11.9 Å². The molecule has 0 amide bonds. The van der Waals surface area contributed by atoms with Crippen LogP contribution in [0.4, 0.5) is 5.82 Å². The number of rotatable bonds is 10. The molecule has 1 aromatic heterocycles. The number of hydrogen-bond donors (Lipinski definition) is 3. The second-order valence-corrected chi connectivity index (χ2v) is 4.83. The highest BCUT2D eigenvalue weighted by atomic mass is 16.6. The summed E-state index contributed by atoms with van der Waals surface area (Å²) in [5, 5.41) is 12.8. The third kappa shape index (κ3) is 6.81. The number of aliphatic hydroxyl groups excluding tert-OH is 1. The van der Waals surface area contributed by atoms with Gasteiger partial charge in [0.2, 0.25) is 6.41 Å². The molecule has 124 valence electrons. The molecule has 0 aromatic carbocycles. The average Bonchev–Trinajstić information content (AvgIpc) is 2.52. The van der Waals surface area contributed by atoms with Crippen molar-refractivity contribution in [2.75, 3.05) is 33.1 Å². The van der Waals surface area contributed by atoms with Gasteiger partial charge in [0.05, 0.1) is 5.69 Å². The molecule has 0 aliphatic heterocycles. The minimum absolute atomic E-state index is 0.187. The lowest BCUT2D eigenvalue weighted by molar-refractivity contribution is -0.167. The van der Waals surface area contributed by atoms with E-state index in [1.54, 1.807) is 25.1 Å². The van der Waals surface area contributed by atoms with Gasteiger partial charge in [0, 0.05) is 38.9 Å². The van der Waals surface area contributed by atoms with Crippen LogP contribution in [-0.4, -0.2) is 60.2 Å². The predicted octanol–water partition coefficient (Wildman–Crippen LogP) is 0.643. The largest absolute Gasteiger partial charge is 0.417 e. The first-order valence-corrected chi connectivity index (χ1v) is 7.05. The Morgan fingerprint density at radius 2 is 2.23 bits per heavy atom. The number of methoxy groups -OCH3 is 1. The minimum Gasteiger partial charge on any atom is -0.417 e. The molecule has 8 heteroatoms. The maximum Gasteiger partial charge on any atom is 0.215 e. The molecule has 1 heterocycles. The van der Waals surface area contributed by atoms with E-state index >= 15 is 0 Å². The Kier molecular flexibility index (Phi) is 8.38. The van der Waals surface area contributed by atoms with E-state index in [1.807, 2.05) is 6.07 Å². The zero-order valence-corrected chi connectivity index (χ0v) is 13.5. The highest BCUT2D eigenvalue weighted by molar-refractivity contribution is 5.49. The Labute approximate surface area is 131 Å². The Bertz CT molecular complexity index is 458. The molecular weight excluding hydrogens is 286 g/mol. The van der Waals surface area contributed by atoms with Gasteiger partial charge in [0.15, 0.2) is 0 Å². The number of nitrogens with one attached hydrogen (secondary N) is 2. The minimum atomic E-state index is -0.879. The van der Waals surface area contributed by atoms with Crippen molar-refractivity contribution in [1.29, 1.82) is 0 Å². The molecule has 22 heavy (non-hydrogen) atoms. The Balaban J connectivity index is 2.47. The zero-order valence-electron chi connectivity index (χ0n) is 13.5. The lowest BCUT2D eigenvalue weighted by atomic mass is 10.2. The van der Waals surface area contributed by atoms with Crippen LogP contribution < -0.4 is 10.8 Å². The molecule has 1 rings (SSSR count). The molecular formula is C14H25N5O3. The van der Waals surface area contributed by atoms with E-state index in [2.05, 4.69) is 27.7 Å². The molecule has 0 radical (unpaired) electrons. The fraction of sp³-hybridized carbons (Fsp3) is 0.571. The van der Waals surface area contributed by atoms with Gasteiger partial charge in [-0.2, -0.15) is 5.48 Å². The first-order chi connectivity index (χ1) is 10.6. The number of aromatic nitrogens is 2. The summed E-state index contributed by atoms with van der Waals surface area (Å²) in [7, 11) is 4.95. The van der Waals surface area contributed by atoms with E-state index in [9.17, 15) is 5.11 Å². The van der Waals surface area contributed by atoms with Gasteiger partial charge in [-0.1, -0.05) is 0 Å². The number of nitrogens with zero attached hydrogens (tertiary/aromatic N) is 3. The summed E-state index contributed by atoms with van der Waals surface area (Å²) >= 11 is 0. The lowest BCUT2D eigenvalue weighted by Gasteiger charge is -2.23. The van der Waals surface area contributed by atoms with Gasteiger partial charge in [-0.05, 0) is 20.4 Å². The van der Waals surface area contributed by atoms with Gasteiger partial charge in [-0.15, -0.1) is 0 Å². The number of hydrogen-bond acceptors (Lipinski definition) is 8. The third-order valence-electron chi connectivity index (χ3n) is 3.01. The van der Waals surface area contributed by atoms with E-state index in [0.717, 1.165) is 17.9 Å². The summed E-state index contributed by atoms with van der Waals surface area (Å²) in [5.41, 5.74) is 3.29. The summed E-state index contributed by atoms with van der Waals surface area (Å²) < 4.78 is 4.84. The Morgan fingerprint density at radius 3 is 2.91 bits per heavy atom. The van der Waals surface area contributed by atoms with Gasteiger partial charge >= 0.3 is 0 Å². The van der Waals surface area contributed by atoms with Gasteiger partial charge in [0.1, 0.15) is 18.4 Å². The normalized spacial score (nSPS) is 14.3. The molecule has 1 aromatic rings. The van der Waals surface area contributed by atoms with Crippen molar-refractivity contribution in [2.45, 2.75) is 25.8 Å². The maximum absolute atomic E-state index is 9.51. The first kappa shape index (κ1) is 18.3. The van der Waals surface area contributed by atoms with Crippen LogP contribution in [0, 0.1) is 0 Å². The van der Waals surface area contributed by atoms with E-state index in [-0.39, 0.29) is 6.04 Å². The van der Waals surface area contributed by atoms with Crippen LogP contribution in [0.15, 0.2) is 18.7 Å². The monoisotopic (exact) mass is 311 g/mol. The number of ether oxygens (including phenoxy) is 1. The zero-order chi connectivity index (χ0) is 16.4. The summed E-state index contributed by atoms with van der Waals surface area (Å²) in [6, 6.07) is 2.02. The van der Waals surface area contributed by atoms with Crippen LogP contribution in [0.5, 0.6) is 0 Å². The predicted molar refractivity (Wildman–Crippen MR) is 84.6 cm³/mol. The average molecular weight is 311 g/mol. The van der Waals surface area contributed by atoms with Crippen LogP contribution in [0.3, 0.4) is 0 Å². The molecule has 8 nitrogen and oxygen atoms in total. The summed E-state index contributed by atoms with van der Waals surface area (Å²) in [6.07, 6.45) is 4.69. The molecule has 0 saturated heterocycles. The van der Waals surface area contributed by atoms with Gasteiger partial charge in [0.25, 0.3) is 0 Å². The van der Waals surface area contributed by atoms with E-state index in [4.69, 9.17) is 9.57 Å². The van der Waals surface area contributed by atoms with Gasteiger partial charge in [-0.3, -0.25) is 4.90 Å². The van der Waals surface area contributed by atoms with Crippen molar-refractivity contribution < 1.29 is 14.7 Å². The van der Waals surface area contributed by atoms with Gasteiger partial charge in [-0.25, -0.2) is 9.97 Å². The van der Waals surface area contributed by atoms with Gasteiger partial charge < -0.3 is 20.0 Å². The number of aliphatic hydroxyl groups is 1. The summed E-state index contributed by atoms with van der Waals surface area (Å²) in [6.45, 7) is 2.74. The van der Waals surface area contributed by atoms with Crippen LogP contribution in [0.1, 0.15) is 19.0 Å². The van der Waals surface area contributed by atoms with Crippen LogP contribution in [0.2, 0.25) is 0 Å². The molecule has 2 unspecified atom stereocenters. The fourth-order valence-corrected chi connectivity index (χ4v) is 1.73. The second-order valence-electron chi connectivity index (χ2n) is 4.83. The smallest absolute Gasteiger partial charge is 0.215 e. The number of anilines is 1. The van der Waals surface area contributed by atoms with Crippen molar-refractivity contribution in [2.24, 2.45) is 0 Å². The van der Waals surface area contributed by atoms with Crippen molar-refractivity contribution in [3.05, 3.63) is 24.3 Å². The topological polar surface area (TPSA) is 91.8 Å². The SMILES string of the molecule is CNO/C=C/c1cc(NC(C)CCN(C)C(O)OC)ncn1. The quantitative estimate of drug-likeness (QED) is 0.329. The molecule has 0 aliphatic carbocycles. The Morgan fingerprint density at radius 1 is 1.45 bits per heavy atom. The maximum atomic E-state index is 9.51. The fourth-order valence-electron chi connectivity index (χ4n) is 1.73. The third-order valence-corrected chi connectivity index (χ3v) is 3.01. The molecule has 2 atom stereocenters. The van der Waals surface area contributed by atoms with E-state index in [1.165, 1.54) is 19.7 Å². The molecule has 0 aliphatic rings. The Hall–Kier alpha value is -1.74. The van der Waals surface area contributed by atoms with Crippen molar-refractivity contribution in [1.82, 2.24) is 20.3 Å². The highest BCUT2D eigenvalue weighted by Gasteiger charge is 2.11. The van der Waals surface area contributed by atoms with Crippen molar-refractivity contribution in [3.8, 4) is 0 Å². The standard InChI is InChI=1S/C14H25N5O3/c1-11(5-7-19(3)14(20)21-4)18-13-9-12(16-10-17-13)6-8-22-15-2/h6,8-11,14-15,20H,5,7H2,1-4H3,(H,16,17,18)/b8-6+. The highest BCUT2D eigenvalue weighted by Crippen LogP contribution is 2.09. The molecule has 0 saturated carbocycles. The lowest BCUT2D eigenvalue weighted by Crippen LogP contribution is -2.35. The summed E-state index contributed by atoms with van der Waals surface area (Å²) in [4.78, 5) is 14.9. The van der Waals surface area contributed by atoms with Crippen LogP contribution in [0.25, 0.3) is 6.08 Å². The molecule has 0 bridgehead atoms. The van der Waals surface area contributed by atoms with Crippen LogP contribution in [-0.2, 0) is 9.57 Å². The molecule has 0 spiro atoms. The summed E-state index contributed by atoms with van der Waals surface area (Å²) in [5.74, 6) is 0.738. The van der Waals surface area contributed by atoms with E-state index < -0.39 is 6.41 Å². The second kappa shape index (κ2) is 10.1. The number of hydroxylamine groups is 1. The van der Waals surface area contributed by atoms with E-state index in [0.29, 0.717) is 6.54 Å². The molecule has 3 N–H and O–H groups in total. The van der Waals surface area contributed by atoms with Crippen LogP contribution >= 0.6 is 0 Å². The van der Waals surface area contributed by atoms with Crippen molar-refractivity contribution in [3.63, 3.8) is 0 Å².